The molecule has 1 aliphatic rings. The van der Waals surface area contributed by atoms with Crippen LogP contribution in [0.3, 0.4) is 0 Å². The van der Waals surface area contributed by atoms with Crippen molar-refractivity contribution in [1.82, 2.24) is 4.90 Å². The number of nitrogens with two attached hydrogens (primary N) is 1. The van der Waals surface area contributed by atoms with Gasteiger partial charge < -0.3 is 16.0 Å². The Balaban J connectivity index is 1.68. The zero-order valence-corrected chi connectivity index (χ0v) is 15.4. The number of rotatable bonds is 5. The fourth-order valence-electron chi connectivity index (χ4n) is 3.43. The van der Waals surface area contributed by atoms with Gasteiger partial charge >= 0.3 is 0 Å². The number of aryl methyl sites for hydroxylation is 1. The number of benzene rings is 2. The molecule has 1 aliphatic carbocycles. The minimum Gasteiger partial charge on any atom is -0.376 e. The van der Waals surface area contributed by atoms with E-state index in [9.17, 15) is 9.59 Å². The lowest BCUT2D eigenvalue weighted by Crippen LogP contribution is -2.37. The van der Waals surface area contributed by atoms with Crippen molar-refractivity contribution in [3.63, 3.8) is 0 Å². The number of anilines is 1. The van der Waals surface area contributed by atoms with Gasteiger partial charge in [0, 0.05) is 12.7 Å². The van der Waals surface area contributed by atoms with E-state index in [1.807, 2.05) is 19.2 Å². The molecule has 2 amide bonds. The Bertz CT molecular complexity index is 838. The predicted molar refractivity (Wildman–Crippen MR) is 103 cm³/mol. The van der Waals surface area contributed by atoms with E-state index in [1.165, 1.54) is 11.1 Å². The van der Waals surface area contributed by atoms with E-state index < -0.39 is 5.91 Å². The molecule has 0 saturated heterocycles. The molecule has 1 unspecified atom stereocenters. The maximum absolute atomic E-state index is 12.7. The summed E-state index contributed by atoms with van der Waals surface area (Å²) in [6.07, 6.45) is 3.10. The van der Waals surface area contributed by atoms with Crippen molar-refractivity contribution < 1.29 is 9.59 Å². The summed E-state index contributed by atoms with van der Waals surface area (Å²) in [5, 5.41) is 3.35. The van der Waals surface area contributed by atoms with Crippen LogP contribution < -0.4 is 11.1 Å². The highest BCUT2D eigenvalue weighted by Gasteiger charge is 2.26. The molecule has 1 atom stereocenters. The van der Waals surface area contributed by atoms with Gasteiger partial charge in [0.05, 0.1) is 23.2 Å². The molecule has 136 valence electrons. The zero-order valence-electron chi connectivity index (χ0n) is 14.7. The molecule has 2 aromatic rings. The Morgan fingerprint density at radius 3 is 2.81 bits per heavy atom. The van der Waals surface area contributed by atoms with Crippen LogP contribution in [0.15, 0.2) is 42.5 Å². The summed E-state index contributed by atoms with van der Waals surface area (Å²) in [4.78, 5) is 25.8. The molecule has 0 fully saturated rings. The first kappa shape index (κ1) is 18.3. The van der Waals surface area contributed by atoms with E-state index in [2.05, 4.69) is 17.4 Å². The monoisotopic (exact) mass is 371 g/mol. The van der Waals surface area contributed by atoms with Gasteiger partial charge in [0.2, 0.25) is 11.8 Å². The smallest absolute Gasteiger partial charge is 0.250 e. The Morgan fingerprint density at radius 1 is 1.27 bits per heavy atom. The molecule has 0 heterocycles. The lowest BCUT2D eigenvalue weighted by Gasteiger charge is -2.33. The molecule has 26 heavy (non-hydrogen) atoms. The molecule has 5 nitrogen and oxygen atoms in total. The number of carbonyl (C=O) groups is 2. The minimum absolute atomic E-state index is 0.0118. The average Bonchev–Trinajstić information content (AvgIpc) is 2.65. The summed E-state index contributed by atoms with van der Waals surface area (Å²) in [7, 11) is 1.84. The van der Waals surface area contributed by atoms with E-state index >= 15 is 0 Å². The fourth-order valence-corrected chi connectivity index (χ4v) is 3.64. The first-order valence-corrected chi connectivity index (χ1v) is 9.02. The summed E-state index contributed by atoms with van der Waals surface area (Å²) < 4.78 is 0. The normalized spacial score (nSPS) is 15.8. The topological polar surface area (TPSA) is 75.4 Å². The van der Waals surface area contributed by atoms with E-state index in [1.54, 1.807) is 23.1 Å². The van der Waals surface area contributed by atoms with Gasteiger partial charge in [-0.2, -0.15) is 0 Å². The first-order chi connectivity index (χ1) is 12.5. The van der Waals surface area contributed by atoms with E-state index in [-0.39, 0.29) is 24.1 Å². The second-order valence-corrected chi connectivity index (χ2v) is 6.93. The summed E-state index contributed by atoms with van der Waals surface area (Å²) in [6, 6.07) is 13.3. The number of primary amides is 1. The fraction of sp³-hybridized carbons (Fsp3) is 0.300. The quantitative estimate of drug-likeness (QED) is 0.845. The molecule has 2 aromatic carbocycles. The van der Waals surface area contributed by atoms with Crippen LogP contribution in [0.1, 0.15) is 40.4 Å². The molecule has 3 N–H and O–H groups in total. The van der Waals surface area contributed by atoms with Gasteiger partial charge in [-0.25, -0.2) is 0 Å². The summed E-state index contributed by atoms with van der Waals surface area (Å²) >= 11 is 5.95. The van der Waals surface area contributed by atoms with Crippen molar-refractivity contribution in [1.29, 1.82) is 0 Å². The number of likely N-dealkylation sites (N-methyl/N-ethyl adjacent to an activating group) is 1. The van der Waals surface area contributed by atoms with Crippen LogP contribution in [-0.2, 0) is 11.2 Å². The van der Waals surface area contributed by atoms with Gasteiger partial charge in [-0.05, 0) is 48.6 Å². The molecule has 0 bridgehead atoms. The van der Waals surface area contributed by atoms with Crippen molar-refractivity contribution in [2.75, 3.05) is 18.9 Å². The SMILES string of the molecule is CN(C(=O)CNc1ccc(Cl)c(C(N)=O)c1)C1CCCc2ccccc21. The number of halogens is 1. The Kier molecular flexibility index (Phi) is 5.47. The van der Waals surface area contributed by atoms with Crippen molar-refractivity contribution in [3.8, 4) is 0 Å². The second-order valence-electron chi connectivity index (χ2n) is 6.52. The standard InChI is InChI=1S/C20H22ClN3O2/c1-24(18-8-4-6-13-5-2-3-7-15(13)18)19(25)12-23-14-9-10-17(21)16(11-14)20(22)26/h2-3,5,7,9-11,18,23H,4,6,8,12H2,1H3,(H2,22,26). The van der Waals surface area contributed by atoms with Crippen LogP contribution in [0.2, 0.25) is 5.02 Å². The zero-order chi connectivity index (χ0) is 18.7. The molecule has 0 spiro atoms. The Morgan fingerprint density at radius 2 is 2.04 bits per heavy atom. The Hall–Kier alpha value is -2.53. The predicted octanol–water partition coefficient (Wildman–Crippen LogP) is 3.39. The number of nitrogens with one attached hydrogen (secondary N) is 1. The van der Waals surface area contributed by atoms with Crippen molar-refractivity contribution in [3.05, 3.63) is 64.2 Å². The van der Waals surface area contributed by atoms with Crippen LogP contribution in [0.5, 0.6) is 0 Å². The van der Waals surface area contributed by atoms with E-state index in [0.717, 1.165) is 19.3 Å². The molecule has 0 saturated carbocycles. The van der Waals surface area contributed by atoms with Crippen molar-refractivity contribution in [2.45, 2.75) is 25.3 Å². The highest BCUT2D eigenvalue weighted by atomic mass is 35.5. The summed E-state index contributed by atoms with van der Waals surface area (Å²) in [6.45, 7) is 0.134. The number of carbonyl (C=O) groups excluding carboxylic acids is 2. The minimum atomic E-state index is -0.596. The maximum atomic E-state index is 12.7. The summed E-state index contributed by atoms with van der Waals surface area (Å²) in [5.41, 5.74) is 8.73. The van der Waals surface area contributed by atoms with Gasteiger partial charge in [0.15, 0.2) is 0 Å². The third kappa shape index (κ3) is 3.83. The second kappa shape index (κ2) is 7.79. The lowest BCUT2D eigenvalue weighted by molar-refractivity contribution is -0.130. The molecular weight excluding hydrogens is 350 g/mol. The van der Waals surface area contributed by atoms with Crippen molar-refractivity contribution >= 4 is 29.1 Å². The number of amides is 2. The molecule has 0 aliphatic heterocycles. The highest BCUT2D eigenvalue weighted by Crippen LogP contribution is 2.33. The maximum Gasteiger partial charge on any atom is 0.250 e. The molecule has 3 rings (SSSR count). The van der Waals surface area contributed by atoms with Gasteiger partial charge in [0.25, 0.3) is 0 Å². The van der Waals surface area contributed by atoms with Crippen molar-refractivity contribution in [2.24, 2.45) is 5.73 Å². The lowest BCUT2D eigenvalue weighted by atomic mass is 9.87. The molecule has 6 heteroatoms. The van der Waals surface area contributed by atoms with Gasteiger partial charge in [-0.1, -0.05) is 35.9 Å². The van der Waals surface area contributed by atoms with Crippen LogP contribution in [0, 0.1) is 0 Å². The van der Waals surface area contributed by atoms with E-state index in [4.69, 9.17) is 17.3 Å². The van der Waals surface area contributed by atoms with Crippen LogP contribution in [0.25, 0.3) is 0 Å². The van der Waals surface area contributed by atoms with Crippen LogP contribution in [0.4, 0.5) is 5.69 Å². The molecule has 0 aromatic heterocycles. The van der Waals surface area contributed by atoms with Gasteiger partial charge in [-0.15, -0.1) is 0 Å². The van der Waals surface area contributed by atoms with Crippen LogP contribution >= 0.6 is 11.6 Å². The third-order valence-electron chi connectivity index (χ3n) is 4.87. The molecule has 0 radical (unpaired) electrons. The Labute approximate surface area is 158 Å². The number of fused-ring (bicyclic) bond motifs is 1. The molecular formula is C20H22ClN3O2. The number of nitrogens with zero attached hydrogens (tertiary/aromatic N) is 1. The number of hydrogen-bond donors (Lipinski definition) is 2. The number of hydrogen-bond acceptors (Lipinski definition) is 3. The summed E-state index contributed by atoms with van der Waals surface area (Å²) in [5.74, 6) is -0.608. The highest BCUT2D eigenvalue weighted by molar-refractivity contribution is 6.33. The van der Waals surface area contributed by atoms with Crippen LogP contribution in [-0.4, -0.2) is 30.3 Å². The third-order valence-corrected chi connectivity index (χ3v) is 5.20. The van der Waals surface area contributed by atoms with E-state index in [0.29, 0.717) is 10.7 Å². The largest absolute Gasteiger partial charge is 0.376 e. The average molecular weight is 372 g/mol. The first-order valence-electron chi connectivity index (χ1n) is 8.64. The van der Waals surface area contributed by atoms with Gasteiger partial charge in [0.1, 0.15) is 0 Å². The van der Waals surface area contributed by atoms with Gasteiger partial charge in [-0.3, -0.25) is 9.59 Å².